The van der Waals surface area contributed by atoms with E-state index in [4.69, 9.17) is 0 Å². The summed E-state index contributed by atoms with van der Waals surface area (Å²) in [4.78, 5) is 23.8. The van der Waals surface area contributed by atoms with Gasteiger partial charge in [0.2, 0.25) is 5.91 Å². The van der Waals surface area contributed by atoms with Crippen molar-refractivity contribution in [2.24, 2.45) is 16.8 Å². The number of thioether (sulfide) groups is 1. The van der Waals surface area contributed by atoms with Crippen molar-refractivity contribution in [2.75, 3.05) is 71.4 Å². The number of likely N-dealkylation sites (tertiary alicyclic amines) is 1. The normalized spacial score (nSPS) is 25.5. The molecule has 6 nitrogen and oxygen atoms in total. The summed E-state index contributed by atoms with van der Waals surface area (Å²) in [6.45, 7) is 11.6. The predicted octanol–water partition coefficient (Wildman–Crippen LogP) is 1.44. The van der Waals surface area contributed by atoms with Gasteiger partial charge < -0.3 is 15.1 Å². The first-order valence-electron chi connectivity index (χ1n) is 9.98. The van der Waals surface area contributed by atoms with E-state index in [0.717, 1.165) is 58.2 Å². The summed E-state index contributed by atoms with van der Waals surface area (Å²) in [6.07, 6.45) is 4.54. The number of nitrogens with one attached hydrogen (secondary N) is 1. The van der Waals surface area contributed by atoms with Crippen LogP contribution in [-0.4, -0.2) is 98.0 Å². The van der Waals surface area contributed by atoms with Crippen molar-refractivity contribution < 1.29 is 4.79 Å². The standard InChI is InChI=1S/C19H37N5OS/c1-16-12-17(2)14-24(13-16)18(25)15-22-7-9-23(10-8-22)19(20-3)21-6-5-11-26-4/h16-17H,5-15H2,1-4H3,(H,20,21). The van der Waals surface area contributed by atoms with Crippen LogP contribution in [0.2, 0.25) is 0 Å². The maximum Gasteiger partial charge on any atom is 0.236 e. The fraction of sp³-hybridized carbons (Fsp3) is 0.895. The number of amides is 1. The zero-order valence-corrected chi connectivity index (χ0v) is 17.9. The molecule has 7 heteroatoms. The van der Waals surface area contributed by atoms with E-state index in [9.17, 15) is 4.79 Å². The van der Waals surface area contributed by atoms with Crippen LogP contribution in [0.25, 0.3) is 0 Å². The highest BCUT2D eigenvalue weighted by molar-refractivity contribution is 7.98. The third kappa shape index (κ3) is 6.65. The smallest absolute Gasteiger partial charge is 0.236 e. The molecule has 0 aromatic carbocycles. The van der Waals surface area contributed by atoms with Gasteiger partial charge in [-0.2, -0.15) is 11.8 Å². The summed E-state index contributed by atoms with van der Waals surface area (Å²) in [5, 5.41) is 3.46. The van der Waals surface area contributed by atoms with E-state index < -0.39 is 0 Å². The zero-order chi connectivity index (χ0) is 18.9. The fourth-order valence-corrected chi connectivity index (χ4v) is 4.46. The number of hydrogen-bond donors (Lipinski definition) is 1. The molecule has 0 bridgehead atoms. The third-order valence-corrected chi connectivity index (χ3v) is 5.97. The quantitative estimate of drug-likeness (QED) is 0.427. The molecule has 0 radical (unpaired) electrons. The second kappa shape index (κ2) is 11.0. The fourth-order valence-electron chi connectivity index (χ4n) is 4.02. The lowest BCUT2D eigenvalue weighted by atomic mass is 9.92. The van der Waals surface area contributed by atoms with Crippen molar-refractivity contribution in [3.05, 3.63) is 0 Å². The van der Waals surface area contributed by atoms with Gasteiger partial charge in [-0.05, 0) is 36.7 Å². The molecule has 0 aromatic rings. The van der Waals surface area contributed by atoms with Crippen molar-refractivity contribution in [1.29, 1.82) is 0 Å². The minimum atomic E-state index is 0.302. The first kappa shape index (κ1) is 21.4. The van der Waals surface area contributed by atoms with E-state index in [1.807, 2.05) is 18.8 Å². The summed E-state index contributed by atoms with van der Waals surface area (Å²) in [6, 6.07) is 0. The first-order valence-corrected chi connectivity index (χ1v) is 11.4. The van der Waals surface area contributed by atoms with Gasteiger partial charge in [0.1, 0.15) is 0 Å². The second-order valence-corrected chi connectivity index (χ2v) is 8.81. The number of rotatable bonds is 6. The van der Waals surface area contributed by atoms with Crippen LogP contribution in [0.1, 0.15) is 26.7 Å². The molecule has 0 spiro atoms. The van der Waals surface area contributed by atoms with Gasteiger partial charge in [-0.1, -0.05) is 13.8 Å². The van der Waals surface area contributed by atoms with Crippen LogP contribution in [0.15, 0.2) is 4.99 Å². The Morgan fingerprint density at radius 3 is 2.35 bits per heavy atom. The molecule has 2 unspecified atom stereocenters. The minimum Gasteiger partial charge on any atom is -0.356 e. The van der Waals surface area contributed by atoms with E-state index in [1.54, 1.807) is 0 Å². The van der Waals surface area contributed by atoms with Crippen molar-refractivity contribution in [1.82, 2.24) is 20.0 Å². The molecule has 2 fully saturated rings. The van der Waals surface area contributed by atoms with E-state index >= 15 is 0 Å². The number of carbonyl (C=O) groups excluding carboxylic acids is 1. The van der Waals surface area contributed by atoms with Crippen molar-refractivity contribution in [3.8, 4) is 0 Å². The number of hydrogen-bond acceptors (Lipinski definition) is 4. The molecule has 2 heterocycles. The number of piperidine rings is 1. The van der Waals surface area contributed by atoms with Gasteiger partial charge in [-0.15, -0.1) is 0 Å². The summed E-state index contributed by atoms with van der Waals surface area (Å²) < 4.78 is 0. The van der Waals surface area contributed by atoms with E-state index in [1.165, 1.54) is 12.2 Å². The Morgan fingerprint density at radius 1 is 1.12 bits per heavy atom. The molecule has 2 saturated heterocycles. The van der Waals surface area contributed by atoms with Gasteiger partial charge >= 0.3 is 0 Å². The van der Waals surface area contributed by atoms with E-state index in [0.29, 0.717) is 24.3 Å². The molecule has 26 heavy (non-hydrogen) atoms. The average molecular weight is 384 g/mol. The minimum absolute atomic E-state index is 0.302. The monoisotopic (exact) mass is 383 g/mol. The highest BCUT2D eigenvalue weighted by Crippen LogP contribution is 2.21. The molecular weight excluding hydrogens is 346 g/mol. The Kier molecular flexibility index (Phi) is 9.05. The molecule has 2 rings (SSSR count). The molecule has 2 aliphatic heterocycles. The van der Waals surface area contributed by atoms with Gasteiger partial charge in [0.25, 0.3) is 0 Å². The number of carbonyl (C=O) groups is 1. The first-order chi connectivity index (χ1) is 12.5. The van der Waals surface area contributed by atoms with Crippen molar-refractivity contribution in [3.63, 3.8) is 0 Å². The van der Waals surface area contributed by atoms with Crippen LogP contribution in [0.5, 0.6) is 0 Å². The Morgan fingerprint density at radius 2 is 1.77 bits per heavy atom. The van der Waals surface area contributed by atoms with E-state index in [-0.39, 0.29) is 0 Å². The topological polar surface area (TPSA) is 51.2 Å². The highest BCUT2D eigenvalue weighted by Gasteiger charge is 2.27. The van der Waals surface area contributed by atoms with Crippen LogP contribution in [-0.2, 0) is 4.79 Å². The molecule has 0 aliphatic carbocycles. The Balaban J connectivity index is 1.72. The summed E-state index contributed by atoms with van der Waals surface area (Å²) in [5.74, 6) is 3.72. The third-order valence-electron chi connectivity index (χ3n) is 5.27. The lowest BCUT2D eigenvalue weighted by molar-refractivity contribution is -0.135. The van der Waals surface area contributed by atoms with Crippen LogP contribution in [0.4, 0.5) is 0 Å². The largest absolute Gasteiger partial charge is 0.356 e. The lowest BCUT2D eigenvalue weighted by Crippen LogP contribution is -2.55. The SMILES string of the molecule is CN=C(NCCCSC)N1CCN(CC(=O)N2CC(C)CC(C)C2)CC1. The van der Waals surface area contributed by atoms with Crippen molar-refractivity contribution in [2.45, 2.75) is 26.7 Å². The van der Waals surface area contributed by atoms with Gasteiger partial charge in [0.15, 0.2) is 5.96 Å². The number of guanidine groups is 1. The number of piperazine rings is 1. The molecule has 2 atom stereocenters. The van der Waals surface area contributed by atoms with E-state index in [2.05, 4.69) is 45.1 Å². The van der Waals surface area contributed by atoms with Crippen LogP contribution >= 0.6 is 11.8 Å². The van der Waals surface area contributed by atoms with Gasteiger partial charge in [-0.25, -0.2) is 0 Å². The molecule has 1 amide bonds. The van der Waals surface area contributed by atoms with Gasteiger partial charge in [-0.3, -0.25) is 14.7 Å². The zero-order valence-electron chi connectivity index (χ0n) is 17.0. The maximum atomic E-state index is 12.7. The summed E-state index contributed by atoms with van der Waals surface area (Å²) in [7, 11) is 1.85. The Labute approximate surface area is 163 Å². The van der Waals surface area contributed by atoms with Crippen LogP contribution in [0.3, 0.4) is 0 Å². The molecule has 0 aromatic heterocycles. The Hall–Kier alpha value is -0.950. The Bertz CT molecular complexity index is 455. The van der Waals surface area contributed by atoms with Gasteiger partial charge in [0, 0.05) is 52.9 Å². The lowest BCUT2D eigenvalue weighted by Gasteiger charge is -2.39. The van der Waals surface area contributed by atoms with Crippen LogP contribution in [0, 0.1) is 11.8 Å². The second-order valence-electron chi connectivity index (χ2n) is 7.83. The molecular formula is C19H37N5OS. The van der Waals surface area contributed by atoms with Gasteiger partial charge in [0.05, 0.1) is 6.54 Å². The van der Waals surface area contributed by atoms with Crippen molar-refractivity contribution >= 4 is 23.6 Å². The number of aliphatic imine (C=N–C) groups is 1. The highest BCUT2D eigenvalue weighted by atomic mass is 32.2. The summed E-state index contributed by atoms with van der Waals surface area (Å²) >= 11 is 1.88. The molecule has 0 saturated carbocycles. The average Bonchev–Trinajstić information content (AvgIpc) is 2.62. The number of nitrogens with zero attached hydrogens (tertiary/aromatic N) is 4. The van der Waals surface area contributed by atoms with Crippen LogP contribution < -0.4 is 5.32 Å². The molecule has 1 N–H and O–H groups in total. The molecule has 2 aliphatic rings. The summed E-state index contributed by atoms with van der Waals surface area (Å²) in [5.41, 5.74) is 0. The molecule has 150 valence electrons. The predicted molar refractivity (Wildman–Crippen MR) is 112 cm³/mol. The maximum absolute atomic E-state index is 12.7.